The van der Waals surface area contributed by atoms with Gasteiger partial charge in [-0.3, -0.25) is 0 Å². The Bertz CT molecular complexity index is 231. The summed E-state index contributed by atoms with van der Waals surface area (Å²) in [4.78, 5) is 0. The quantitative estimate of drug-likeness (QED) is 0.719. The molecule has 0 aromatic heterocycles. The molecule has 6 heteroatoms. The van der Waals surface area contributed by atoms with Crippen molar-refractivity contribution in [3.05, 3.63) is 0 Å². The molecule has 92 valence electrons. The van der Waals surface area contributed by atoms with Gasteiger partial charge in [0.25, 0.3) is 0 Å². The van der Waals surface area contributed by atoms with Crippen LogP contribution in [0.3, 0.4) is 0 Å². The van der Waals surface area contributed by atoms with Crippen LogP contribution in [0.15, 0.2) is 0 Å². The lowest BCUT2D eigenvalue weighted by Gasteiger charge is -2.01. The van der Waals surface area contributed by atoms with E-state index < -0.39 is 0 Å². The Morgan fingerprint density at radius 2 is 1.38 bits per heavy atom. The summed E-state index contributed by atoms with van der Waals surface area (Å²) in [5.74, 6) is 2.10. The predicted molar refractivity (Wildman–Crippen MR) is 80.4 cm³/mol. The summed E-state index contributed by atoms with van der Waals surface area (Å²) in [6.45, 7) is 4.22. The van der Waals surface area contributed by atoms with Crippen molar-refractivity contribution in [1.29, 1.82) is 0 Å². The molecule has 2 aliphatic rings. The highest BCUT2D eigenvalue weighted by Gasteiger charge is 2.18. The van der Waals surface area contributed by atoms with Crippen LogP contribution in [0.4, 0.5) is 0 Å². The zero-order chi connectivity index (χ0) is 12.0. The van der Waals surface area contributed by atoms with E-state index in [2.05, 4.69) is 13.8 Å². The molecule has 2 aliphatic heterocycles. The van der Waals surface area contributed by atoms with Gasteiger partial charge >= 0.3 is 0 Å². The van der Waals surface area contributed by atoms with E-state index >= 15 is 0 Å². The van der Waals surface area contributed by atoms with Gasteiger partial charge in [-0.2, -0.15) is 0 Å². The predicted octanol–water partition coefficient (Wildman–Crippen LogP) is 3.63. The first-order valence-electron chi connectivity index (χ1n) is 5.32. The molecule has 2 heterocycles. The molecular weight excluding hydrogens is 280 g/mol. The molecule has 0 radical (unpaired) electrons. The van der Waals surface area contributed by atoms with Gasteiger partial charge in [-0.25, -0.2) is 0 Å². The van der Waals surface area contributed by atoms with E-state index in [-0.39, 0.29) is 0 Å². The zero-order valence-corrected chi connectivity index (χ0v) is 12.7. The Kier molecular flexibility index (Phi) is 7.03. The van der Waals surface area contributed by atoms with Crippen molar-refractivity contribution >= 4 is 56.7 Å². The fourth-order valence-electron chi connectivity index (χ4n) is 1.13. The fourth-order valence-corrected chi connectivity index (χ4v) is 3.47. The lowest BCUT2D eigenvalue weighted by atomic mass is 10.3. The van der Waals surface area contributed by atoms with Gasteiger partial charge in [0, 0.05) is 11.5 Å². The molecule has 16 heavy (non-hydrogen) atoms. The van der Waals surface area contributed by atoms with Crippen LogP contribution < -0.4 is 0 Å². The van der Waals surface area contributed by atoms with E-state index in [9.17, 15) is 0 Å². The Hall–Kier alpha value is 0.480. The largest absolute Gasteiger partial charge is 0.474 e. The van der Waals surface area contributed by atoms with Crippen LogP contribution in [-0.4, -0.2) is 32.5 Å². The van der Waals surface area contributed by atoms with Gasteiger partial charge in [-0.05, 0) is 37.3 Å². The summed E-state index contributed by atoms with van der Waals surface area (Å²) in [6.07, 6.45) is 2.94. The summed E-state index contributed by atoms with van der Waals surface area (Å²) < 4.78 is 11.8. The van der Waals surface area contributed by atoms with Crippen LogP contribution in [-0.2, 0) is 9.47 Å². The minimum absolute atomic E-state index is 0.396. The van der Waals surface area contributed by atoms with Crippen LogP contribution >= 0.6 is 48.0 Å². The molecule has 0 spiro atoms. The van der Waals surface area contributed by atoms with E-state index in [0.29, 0.717) is 12.2 Å². The normalized spacial score (nSPS) is 28.1. The number of hydrogen-bond donors (Lipinski definition) is 0. The summed E-state index contributed by atoms with van der Waals surface area (Å²) in [6, 6.07) is 0. The molecule has 2 saturated heterocycles. The molecule has 2 rings (SSSR count). The average molecular weight is 297 g/mol. The van der Waals surface area contributed by atoms with Gasteiger partial charge in [-0.15, -0.1) is 0 Å². The number of rotatable bonds is 2. The zero-order valence-electron chi connectivity index (χ0n) is 9.43. The Morgan fingerprint density at radius 3 is 1.50 bits per heavy atom. The highest BCUT2D eigenvalue weighted by atomic mass is 32.2. The van der Waals surface area contributed by atoms with Crippen LogP contribution in [0.1, 0.15) is 26.7 Å². The van der Waals surface area contributed by atoms with Crippen molar-refractivity contribution in [3.63, 3.8) is 0 Å². The highest BCUT2D eigenvalue weighted by Crippen LogP contribution is 2.21. The first-order chi connectivity index (χ1) is 7.65. The van der Waals surface area contributed by atoms with Gasteiger partial charge < -0.3 is 9.47 Å². The molecule has 2 unspecified atom stereocenters. The Morgan fingerprint density at radius 1 is 1.00 bits per heavy atom. The van der Waals surface area contributed by atoms with Crippen molar-refractivity contribution in [2.75, 3.05) is 11.5 Å². The fraction of sp³-hybridized carbons (Fsp3) is 0.800. The molecule has 0 aromatic carbocycles. The van der Waals surface area contributed by atoms with Crippen molar-refractivity contribution < 1.29 is 9.47 Å². The number of thioether (sulfide) groups is 2. The second kappa shape index (κ2) is 7.74. The maximum Gasteiger partial charge on any atom is 0.220 e. The SMILES string of the molecule is CCC1CSC(=S)O1.CCC1CSC(=S)O1. The summed E-state index contributed by atoms with van der Waals surface area (Å²) in [5.41, 5.74) is 0. The number of thiocarbonyl (C=S) groups is 2. The number of ether oxygens (including phenoxy) is 2. The second-order valence-corrected chi connectivity index (χ2v) is 6.66. The minimum atomic E-state index is 0.396. The molecule has 0 amide bonds. The Labute approximate surface area is 116 Å². The smallest absolute Gasteiger partial charge is 0.220 e. The third-order valence-corrected chi connectivity index (χ3v) is 4.85. The second-order valence-electron chi connectivity index (χ2n) is 3.42. The van der Waals surface area contributed by atoms with Gasteiger partial charge in [0.05, 0.1) is 0 Å². The monoisotopic (exact) mass is 296 g/mol. The van der Waals surface area contributed by atoms with Crippen LogP contribution in [0.5, 0.6) is 0 Å². The van der Waals surface area contributed by atoms with E-state index in [0.717, 1.165) is 33.1 Å². The topological polar surface area (TPSA) is 18.5 Å². The van der Waals surface area contributed by atoms with Gasteiger partial charge in [0.2, 0.25) is 8.77 Å². The van der Waals surface area contributed by atoms with E-state index in [4.69, 9.17) is 33.9 Å². The van der Waals surface area contributed by atoms with Gasteiger partial charge in [-0.1, -0.05) is 37.4 Å². The first-order valence-corrected chi connectivity index (χ1v) is 8.11. The summed E-state index contributed by atoms with van der Waals surface area (Å²) >= 11 is 12.9. The minimum Gasteiger partial charge on any atom is -0.474 e. The maximum absolute atomic E-state index is 5.20. The third-order valence-electron chi connectivity index (χ3n) is 2.21. The molecular formula is C10H16O2S4. The van der Waals surface area contributed by atoms with Crippen LogP contribution in [0, 0.1) is 0 Å². The standard InChI is InChI=1S/2C5H8OS2/c2*1-2-4-3-8-5(7)6-4/h2*4H,2-3H2,1H3. The highest BCUT2D eigenvalue weighted by molar-refractivity contribution is 8.23. The molecule has 2 nitrogen and oxygen atoms in total. The molecule has 0 N–H and O–H groups in total. The van der Waals surface area contributed by atoms with Crippen molar-refractivity contribution in [3.8, 4) is 0 Å². The van der Waals surface area contributed by atoms with E-state index in [1.807, 2.05) is 0 Å². The lowest BCUT2D eigenvalue weighted by Crippen LogP contribution is -2.06. The van der Waals surface area contributed by atoms with E-state index in [1.54, 1.807) is 23.5 Å². The van der Waals surface area contributed by atoms with Crippen LogP contribution in [0.25, 0.3) is 0 Å². The maximum atomic E-state index is 5.20. The van der Waals surface area contributed by atoms with Crippen molar-refractivity contribution in [2.45, 2.75) is 38.9 Å². The third kappa shape index (κ3) is 5.21. The molecule has 2 atom stereocenters. The summed E-state index contributed by atoms with van der Waals surface area (Å²) in [7, 11) is 0. The van der Waals surface area contributed by atoms with E-state index in [1.165, 1.54) is 0 Å². The van der Waals surface area contributed by atoms with Crippen LogP contribution in [0.2, 0.25) is 0 Å². The van der Waals surface area contributed by atoms with Gasteiger partial charge in [0.1, 0.15) is 12.2 Å². The lowest BCUT2D eigenvalue weighted by molar-refractivity contribution is 0.231. The molecule has 0 aliphatic carbocycles. The first kappa shape index (κ1) is 14.5. The number of hydrogen-bond acceptors (Lipinski definition) is 6. The summed E-state index contributed by atoms with van der Waals surface area (Å²) in [5, 5.41) is 0. The molecule has 0 aromatic rings. The molecule has 0 bridgehead atoms. The Balaban J connectivity index is 0.000000160. The van der Waals surface area contributed by atoms with Gasteiger partial charge in [0.15, 0.2) is 0 Å². The molecule has 0 saturated carbocycles. The molecule has 2 fully saturated rings. The van der Waals surface area contributed by atoms with Crippen molar-refractivity contribution in [1.82, 2.24) is 0 Å². The average Bonchev–Trinajstić information content (AvgIpc) is 2.88. The van der Waals surface area contributed by atoms with Crippen molar-refractivity contribution in [2.24, 2.45) is 0 Å².